The van der Waals surface area contributed by atoms with Crippen LogP contribution in [-0.2, 0) is 6.54 Å². The van der Waals surface area contributed by atoms with Gasteiger partial charge in [0.2, 0.25) is 5.95 Å². The fourth-order valence-corrected chi connectivity index (χ4v) is 1.76. The lowest BCUT2D eigenvalue weighted by Gasteiger charge is -2.11. The standard InChI is InChI=1S/C13H17N5O/c1-18(2)13-14-6-5-11(17-13)15-7-10-8-16-12(19-10)9-3-4-9/h5-6,8-9H,3-4,7H2,1-2H3,(H,14,15,17). The summed E-state index contributed by atoms with van der Waals surface area (Å²) in [6.07, 6.45) is 5.92. The van der Waals surface area contributed by atoms with E-state index in [1.54, 1.807) is 12.4 Å². The summed E-state index contributed by atoms with van der Waals surface area (Å²) in [5.41, 5.74) is 0. The summed E-state index contributed by atoms with van der Waals surface area (Å²) in [6.45, 7) is 0.587. The van der Waals surface area contributed by atoms with Crippen LogP contribution in [0, 0.1) is 0 Å². The van der Waals surface area contributed by atoms with Gasteiger partial charge in [-0.3, -0.25) is 0 Å². The molecule has 0 radical (unpaired) electrons. The largest absolute Gasteiger partial charge is 0.444 e. The predicted molar refractivity (Wildman–Crippen MR) is 72.2 cm³/mol. The van der Waals surface area contributed by atoms with E-state index >= 15 is 0 Å². The van der Waals surface area contributed by atoms with E-state index in [2.05, 4.69) is 20.3 Å². The monoisotopic (exact) mass is 259 g/mol. The van der Waals surface area contributed by atoms with Crippen molar-refractivity contribution in [2.24, 2.45) is 0 Å². The molecule has 1 N–H and O–H groups in total. The molecule has 0 aliphatic heterocycles. The number of nitrogens with zero attached hydrogens (tertiary/aromatic N) is 4. The molecule has 3 rings (SSSR count). The van der Waals surface area contributed by atoms with Gasteiger partial charge in [-0.15, -0.1) is 0 Å². The molecule has 0 amide bonds. The summed E-state index contributed by atoms with van der Waals surface area (Å²) in [5.74, 6) is 3.72. The maximum Gasteiger partial charge on any atom is 0.226 e. The highest BCUT2D eigenvalue weighted by atomic mass is 16.4. The lowest BCUT2D eigenvalue weighted by molar-refractivity contribution is 0.462. The second-order valence-electron chi connectivity index (χ2n) is 4.93. The van der Waals surface area contributed by atoms with Gasteiger partial charge in [0, 0.05) is 26.2 Å². The lowest BCUT2D eigenvalue weighted by atomic mass is 10.4. The molecule has 2 aromatic heterocycles. The van der Waals surface area contributed by atoms with Crippen molar-refractivity contribution in [3.8, 4) is 0 Å². The molecule has 1 fully saturated rings. The molecule has 2 heterocycles. The minimum atomic E-state index is 0.549. The molecular weight excluding hydrogens is 242 g/mol. The number of anilines is 2. The van der Waals surface area contributed by atoms with E-state index in [1.165, 1.54) is 12.8 Å². The molecule has 0 saturated heterocycles. The van der Waals surface area contributed by atoms with Gasteiger partial charge in [0.15, 0.2) is 5.89 Å². The van der Waals surface area contributed by atoms with Gasteiger partial charge < -0.3 is 14.6 Å². The van der Waals surface area contributed by atoms with E-state index in [0.29, 0.717) is 18.4 Å². The van der Waals surface area contributed by atoms with Crippen molar-refractivity contribution in [3.05, 3.63) is 30.1 Å². The molecule has 2 aromatic rings. The van der Waals surface area contributed by atoms with E-state index in [1.807, 2.05) is 25.1 Å². The van der Waals surface area contributed by atoms with Gasteiger partial charge in [-0.2, -0.15) is 4.98 Å². The Labute approximate surface area is 111 Å². The number of rotatable bonds is 5. The Morgan fingerprint density at radius 1 is 1.37 bits per heavy atom. The van der Waals surface area contributed by atoms with Crippen molar-refractivity contribution in [3.63, 3.8) is 0 Å². The Balaban J connectivity index is 1.62. The number of oxazole rings is 1. The predicted octanol–water partition coefficient (Wildman–Crippen LogP) is 2.02. The van der Waals surface area contributed by atoms with E-state index in [9.17, 15) is 0 Å². The van der Waals surface area contributed by atoms with Crippen molar-refractivity contribution < 1.29 is 4.42 Å². The van der Waals surface area contributed by atoms with Crippen LogP contribution in [0.4, 0.5) is 11.8 Å². The SMILES string of the molecule is CN(C)c1nccc(NCc2cnc(C3CC3)o2)n1. The molecule has 0 aromatic carbocycles. The molecule has 0 atom stereocenters. The third-order valence-corrected chi connectivity index (χ3v) is 2.98. The number of aromatic nitrogens is 3. The lowest BCUT2D eigenvalue weighted by Crippen LogP contribution is -2.13. The van der Waals surface area contributed by atoms with Gasteiger partial charge in [-0.05, 0) is 18.9 Å². The maximum atomic E-state index is 5.68. The highest BCUT2D eigenvalue weighted by Crippen LogP contribution is 2.39. The van der Waals surface area contributed by atoms with Crippen molar-refractivity contribution in [1.29, 1.82) is 0 Å². The average Bonchev–Trinajstić information content (AvgIpc) is 3.16. The van der Waals surface area contributed by atoms with Gasteiger partial charge in [-0.25, -0.2) is 9.97 Å². The van der Waals surface area contributed by atoms with Crippen molar-refractivity contribution in [2.75, 3.05) is 24.3 Å². The first-order valence-corrected chi connectivity index (χ1v) is 6.41. The smallest absolute Gasteiger partial charge is 0.226 e. The number of hydrogen-bond acceptors (Lipinski definition) is 6. The van der Waals surface area contributed by atoms with Gasteiger partial charge in [0.05, 0.1) is 12.7 Å². The second kappa shape index (κ2) is 4.87. The summed E-state index contributed by atoms with van der Waals surface area (Å²) >= 11 is 0. The molecule has 0 bridgehead atoms. The zero-order valence-electron chi connectivity index (χ0n) is 11.1. The van der Waals surface area contributed by atoms with E-state index in [-0.39, 0.29) is 0 Å². The third-order valence-electron chi connectivity index (χ3n) is 2.98. The second-order valence-corrected chi connectivity index (χ2v) is 4.93. The molecule has 1 aliphatic carbocycles. The van der Waals surface area contributed by atoms with Crippen LogP contribution in [0.15, 0.2) is 22.9 Å². The Hall–Kier alpha value is -2.11. The van der Waals surface area contributed by atoms with E-state index in [0.717, 1.165) is 17.5 Å². The zero-order chi connectivity index (χ0) is 13.2. The van der Waals surface area contributed by atoms with Crippen LogP contribution in [0.25, 0.3) is 0 Å². The fraction of sp³-hybridized carbons (Fsp3) is 0.462. The van der Waals surface area contributed by atoms with Gasteiger partial charge >= 0.3 is 0 Å². The minimum absolute atomic E-state index is 0.549. The zero-order valence-corrected chi connectivity index (χ0v) is 11.1. The Morgan fingerprint density at radius 2 is 2.21 bits per heavy atom. The van der Waals surface area contributed by atoms with Crippen molar-refractivity contribution in [2.45, 2.75) is 25.3 Å². The van der Waals surface area contributed by atoms with Crippen LogP contribution in [0.1, 0.15) is 30.4 Å². The molecular formula is C13H17N5O. The Kier molecular flexibility index (Phi) is 3.06. The van der Waals surface area contributed by atoms with E-state index in [4.69, 9.17) is 4.42 Å². The van der Waals surface area contributed by atoms with Crippen molar-refractivity contribution in [1.82, 2.24) is 15.0 Å². The summed E-state index contributed by atoms with van der Waals surface area (Å²) < 4.78 is 5.68. The van der Waals surface area contributed by atoms with Gasteiger partial charge in [0.25, 0.3) is 0 Å². The summed E-state index contributed by atoms with van der Waals surface area (Å²) in [4.78, 5) is 14.7. The van der Waals surface area contributed by atoms with Crippen LogP contribution in [0.5, 0.6) is 0 Å². The quantitative estimate of drug-likeness (QED) is 0.886. The van der Waals surface area contributed by atoms with Crippen molar-refractivity contribution >= 4 is 11.8 Å². The molecule has 6 nitrogen and oxygen atoms in total. The van der Waals surface area contributed by atoms with Gasteiger partial charge in [0.1, 0.15) is 11.6 Å². The fourth-order valence-electron chi connectivity index (χ4n) is 1.76. The first kappa shape index (κ1) is 12.0. The Bertz CT molecular complexity index is 562. The van der Waals surface area contributed by atoms with Crippen LogP contribution in [0.3, 0.4) is 0 Å². The molecule has 100 valence electrons. The number of nitrogens with one attached hydrogen (secondary N) is 1. The van der Waals surface area contributed by atoms with Crippen LogP contribution in [0.2, 0.25) is 0 Å². The molecule has 6 heteroatoms. The highest BCUT2D eigenvalue weighted by Gasteiger charge is 2.28. The number of hydrogen-bond donors (Lipinski definition) is 1. The first-order valence-electron chi connectivity index (χ1n) is 6.41. The molecule has 1 aliphatic rings. The third kappa shape index (κ3) is 2.83. The van der Waals surface area contributed by atoms with E-state index < -0.39 is 0 Å². The molecule has 0 spiro atoms. The Morgan fingerprint density at radius 3 is 2.95 bits per heavy atom. The minimum Gasteiger partial charge on any atom is -0.444 e. The summed E-state index contributed by atoms with van der Waals surface area (Å²) in [5, 5.41) is 3.22. The summed E-state index contributed by atoms with van der Waals surface area (Å²) in [6, 6.07) is 1.84. The normalized spacial score (nSPS) is 14.4. The highest BCUT2D eigenvalue weighted by molar-refractivity contribution is 5.40. The van der Waals surface area contributed by atoms with Crippen LogP contribution in [-0.4, -0.2) is 29.0 Å². The average molecular weight is 259 g/mol. The van der Waals surface area contributed by atoms with Crippen LogP contribution < -0.4 is 10.2 Å². The first-order chi connectivity index (χ1) is 9.22. The molecule has 0 unspecified atom stereocenters. The topological polar surface area (TPSA) is 67.1 Å². The summed E-state index contributed by atoms with van der Waals surface area (Å²) in [7, 11) is 3.83. The maximum absolute atomic E-state index is 5.68. The molecule has 19 heavy (non-hydrogen) atoms. The molecule has 1 saturated carbocycles. The van der Waals surface area contributed by atoms with Gasteiger partial charge in [-0.1, -0.05) is 0 Å². The van der Waals surface area contributed by atoms with Crippen LogP contribution >= 0.6 is 0 Å².